The zero-order valence-corrected chi connectivity index (χ0v) is 8.81. The van der Waals surface area contributed by atoms with Crippen molar-refractivity contribution in [3.8, 4) is 0 Å². The molecule has 0 saturated heterocycles. The predicted octanol–water partition coefficient (Wildman–Crippen LogP) is 0.520. The molecule has 1 fully saturated rings. The van der Waals surface area contributed by atoms with Crippen LogP contribution in [0.15, 0.2) is 0 Å². The summed E-state index contributed by atoms with van der Waals surface area (Å²) in [6.45, 7) is 1.68. The van der Waals surface area contributed by atoms with E-state index >= 15 is 0 Å². The van der Waals surface area contributed by atoms with E-state index in [4.69, 9.17) is 15.6 Å². The molecule has 0 radical (unpaired) electrons. The number of carbonyl (C=O) groups excluding carboxylic acids is 1. The van der Waals surface area contributed by atoms with Gasteiger partial charge in [-0.05, 0) is 12.8 Å². The van der Waals surface area contributed by atoms with Crippen molar-refractivity contribution in [2.75, 3.05) is 0 Å². The second-order valence-corrected chi connectivity index (χ2v) is 3.90. The molecule has 0 spiro atoms. The van der Waals surface area contributed by atoms with Crippen LogP contribution in [0.25, 0.3) is 0 Å². The maximum absolute atomic E-state index is 11.1. The normalized spacial score (nSPS) is 30.9. The summed E-state index contributed by atoms with van der Waals surface area (Å²) >= 11 is 0. The summed E-state index contributed by atoms with van der Waals surface area (Å²) in [6, 6.07) is -0.0599. The van der Waals surface area contributed by atoms with Crippen LogP contribution in [-0.4, -0.2) is 29.2 Å². The number of aliphatic carboxylic acids is 1. The summed E-state index contributed by atoms with van der Waals surface area (Å²) in [7, 11) is 0. The fourth-order valence-corrected chi connectivity index (χ4v) is 1.82. The molecule has 0 aromatic carbocycles. The van der Waals surface area contributed by atoms with Crippen LogP contribution in [0.5, 0.6) is 0 Å². The number of carboxylic acid groups (broad SMARTS) is 1. The van der Waals surface area contributed by atoms with Crippen molar-refractivity contribution in [2.24, 2.45) is 11.7 Å². The molecule has 15 heavy (non-hydrogen) atoms. The van der Waals surface area contributed by atoms with Gasteiger partial charge in [0, 0.05) is 18.9 Å². The van der Waals surface area contributed by atoms with Crippen LogP contribution >= 0.6 is 0 Å². The van der Waals surface area contributed by atoms with Gasteiger partial charge < -0.3 is 15.6 Å². The van der Waals surface area contributed by atoms with Gasteiger partial charge in [-0.15, -0.1) is 0 Å². The number of hydrogen-bond donors (Lipinski definition) is 2. The molecule has 86 valence electrons. The lowest BCUT2D eigenvalue weighted by atomic mass is 9.84. The van der Waals surface area contributed by atoms with Crippen LogP contribution in [0.2, 0.25) is 0 Å². The number of ether oxygens (including phenoxy) is 1. The van der Waals surface area contributed by atoms with Crippen molar-refractivity contribution in [1.82, 2.24) is 0 Å². The van der Waals surface area contributed by atoms with Crippen molar-refractivity contribution in [3.63, 3.8) is 0 Å². The Morgan fingerprint density at radius 2 is 2.13 bits per heavy atom. The number of carbonyl (C=O) groups is 2. The topological polar surface area (TPSA) is 89.6 Å². The fraction of sp³-hybridized carbons (Fsp3) is 0.800. The van der Waals surface area contributed by atoms with Gasteiger partial charge in [-0.3, -0.25) is 9.59 Å². The lowest BCUT2D eigenvalue weighted by Crippen LogP contribution is -2.42. The van der Waals surface area contributed by atoms with Gasteiger partial charge >= 0.3 is 11.9 Å². The molecule has 0 aromatic heterocycles. The third-order valence-electron chi connectivity index (χ3n) is 2.72. The van der Waals surface area contributed by atoms with E-state index in [9.17, 15) is 9.59 Å². The summed E-state index contributed by atoms with van der Waals surface area (Å²) in [6.07, 6.45) is 1.31. The first-order valence-electron chi connectivity index (χ1n) is 5.22. The van der Waals surface area contributed by atoms with Gasteiger partial charge in [-0.2, -0.15) is 0 Å². The summed E-state index contributed by atoms with van der Waals surface area (Å²) in [4.78, 5) is 22.0. The van der Waals surface area contributed by atoms with Crippen LogP contribution in [0.3, 0.4) is 0 Å². The van der Waals surface area contributed by atoms with Gasteiger partial charge in [0.15, 0.2) is 0 Å². The third kappa shape index (κ3) is 3.20. The molecule has 3 atom stereocenters. The molecule has 1 aliphatic rings. The van der Waals surface area contributed by atoms with E-state index in [1.807, 2.05) is 0 Å². The zero-order valence-electron chi connectivity index (χ0n) is 8.81. The monoisotopic (exact) mass is 215 g/mol. The highest BCUT2D eigenvalue weighted by Gasteiger charge is 2.36. The van der Waals surface area contributed by atoms with Gasteiger partial charge in [0.25, 0.3) is 0 Å². The van der Waals surface area contributed by atoms with E-state index in [1.54, 1.807) is 6.92 Å². The standard InChI is InChI=1S/C10H17NO4/c1-2-9(12)15-8-5-6(11)3-4-7(8)10(13)14/h6-8H,2-5,11H2,1H3,(H,13,14). The van der Waals surface area contributed by atoms with Crippen LogP contribution in [-0.2, 0) is 14.3 Å². The Morgan fingerprint density at radius 3 is 2.67 bits per heavy atom. The van der Waals surface area contributed by atoms with Crippen LogP contribution in [0.1, 0.15) is 32.6 Å². The Hall–Kier alpha value is -1.10. The average Bonchev–Trinajstić information content (AvgIpc) is 2.17. The minimum atomic E-state index is -0.907. The number of esters is 1. The smallest absolute Gasteiger partial charge is 0.310 e. The molecule has 1 aliphatic carbocycles. The van der Waals surface area contributed by atoms with E-state index < -0.39 is 18.0 Å². The van der Waals surface area contributed by atoms with Gasteiger partial charge in [0.05, 0.1) is 5.92 Å². The molecule has 0 bridgehead atoms. The Labute approximate surface area is 88.6 Å². The lowest BCUT2D eigenvalue weighted by Gasteiger charge is -2.31. The van der Waals surface area contributed by atoms with Crippen molar-refractivity contribution in [1.29, 1.82) is 0 Å². The zero-order chi connectivity index (χ0) is 11.4. The predicted molar refractivity (Wildman–Crippen MR) is 53.1 cm³/mol. The van der Waals surface area contributed by atoms with Crippen molar-refractivity contribution in [3.05, 3.63) is 0 Å². The van der Waals surface area contributed by atoms with Crippen molar-refractivity contribution < 1.29 is 19.4 Å². The molecule has 3 unspecified atom stereocenters. The van der Waals surface area contributed by atoms with Gasteiger partial charge in [0.1, 0.15) is 6.10 Å². The highest BCUT2D eigenvalue weighted by Crippen LogP contribution is 2.26. The molecule has 0 heterocycles. The van der Waals surface area contributed by atoms with Crippen LogP contribution in [0.4, 0.5) is 0 Å². The lowest BCUT2D eigenvalue weighted by molar-refractivity contribution is -0.161. The van der Waals surface area contributed by atoms with E-state index in [0.717, 1.165) is 0 Å². The average molecular weight is 215 g/mol. The molecule has 0 aromatic rings. The number of hydrogen-bond acceptors (Lipinski definition) is 4. The highest BCUT2D eigenvalue weighted by atomic mass is 16.5. The van der Waals surface area contributed by atoms with Crippen LogP contribution in [0, 0.1) is 5.92 Å². The Kier molecular flexibility index (Phi) is 4.08. The molecule has 0 amide bonds. The summed E-state index contributed by atoms with van der Waals surface area (Å²) < 4.78 is 5.09. The molecule has 5 heteroatoms. The first-order valence-corrected chi connectivity index (χ1v) is 5.22. The molecular formula is C10H17NO4. The maximum atomic E-state index is 11.1. The molecule has 1 saturated carbocycles. The summed E-state index contributed by atoms with van der Waals surface area (Å²) in [5.41, 5.74) is 5.72. The maximum Gasteiger partial charge on any atom is 0.310 e. The number of nitrogens with two attached hydrogens (primary N) is 1. The number of rotatable bonds is 3. The second-order valence-electron chi connectivity index (χ2n) is 3.90. The minimum Gasteiger partial charge on any atom is -0.481 e. The largest absolute Gasteiger partial charge is 0.481 e. The van der Waals surface area contributed by atoms with Crippen LogP contribution < -0.4 is 5.73 Å². The highest BCUT2D eigenvalue weighted by molar-refractivity contribution is 5.73. The fourth-order valence-electron chi connectivity index (χ4n) is 1.82. The molecule has 3 N–H and O–H groups in total. The van der Waals surface area contributed by atoms with E-state index in [2.05, 4.69) is 0 Å². The van der Waals surface area contributed by atoms with Crippen molar-refractivity contribution >= 4 is 11.9 Å². The molecule has 0 aliphatic heterocycles. The first kappa shape index (κ1) is 12.0. The van der Waals surface area contributed by atoms with E-state index in [0.29, 0.717) is 19.3 Å². The Balaban J connectivity index is 2.61. The molecule has 1 rings (SSSR count). The molecular weight excluding hydrogens is 198 g/mol. The van der Waals surface area contributed by atoms with Gasteiger partial charge in [-0.1, -0.05) is 6.92 Å². The number of carboxylic acids is 1. The molecule has 5 nitrogen and oxygen atoms in total. The Bertz CT molecular complexity index is 254. The minimum absolute atomic E-state index is 0.0599. The summed E-state index contributed by atoms with van der Waals surface area (Å²) in [5.74, 6) is -1.86. The van der Waals surface area contributed by atoms with Gasteiger partial charge in [-0.25, -0.2) is 0 Å². The SMILES string of the molecule is CCC(=O)OC1CC(N)CCC1C(=O)O. The van der Waals surface area contributed by atoms with Crippen molar-refractivity contribution in [2.45, 2.75) is 44.8 Å². The first-order chi connectivity index (χ1) is 7.04. The van der Waals surface area contributed by atoms with E-state index in [-0.39, 0.29) is 18.4 Å². The third-order valence-corrected chi connectivity index (χ3v) is 2.72. The summed E-state index contributed by atoms with van der Waals surface area (Å²) in [5, 5.41) is 8.95. The van der Waals surface area contributed by atoms with E-state index in [1.165, 1.54) is 0 Å². The Morgan fingerprint density at radius 1 is 1.47 bits per heavy atom. The second kappa shape index (κ2) is 5.11. The van der Waals surface area contributed by atoms with Gasteiger partial charge in [0.2, 0.25) is 0 Å². The quantitative estimate of drug-likeness (QED) is 0.670.